The van der Waals surface area contributed by atoms with Crippen LogP contribution in [0, 0.1) is 17.8 Å². The molecule has 0 aliphatic heterocycles. The minimum Gasteiger partial charge on any atom is -0.432 e. The van der Waals surface area contributed by atoms with Gasteiger partial charge in [-0.25, -0.2) is 4.79 Å². The minimum atomic E-state index is -0.649. The number of carbonyl (C=O) groups excluding carboxylic acids is 1. The fourth-order valence-electron chi connectivity index (χ4n) is 2.54. The molecule has 1 N–H and O–H groups in total. The van der Waals surface area contributed by atoms with Crippen molar-refractivity contribution in [3.05, 3.63) is 0 Å². The molecule has 1 aliphatic carbocycles. The van der Waals surface area contributed by atoms with Gasteiger partial charge in [0.25, 0.3) is 0 Å². The van der Waals surface area contributed by atoms with Crippen LogP contribution in [0.25, 0.3) is 0 Å². The highest BCUT2D eigenvalue weighted by Crippen LogP contribution is 2.35. The van der Waals surface area contributed by atoms with Gasteiger partial charge in [-0.15, -0.1) is 0 Å². The number of rotatable bonds is 4. The van der Waals surface area contributed by atoms with E-state index in [1.807, 2.05) is 0 Å². The summed E-state index contributed by atoms with van der Waals surface area (Å²) in [6.07, 6.45) is 2.54. The zero-order valence-electron chi connectivity index (χ0n) is 11.0. The van der Waals surface area contributed by atoms with Crippen molar-refractivity contribution in [3.8, 4) is 0 Å². The lowest BCUT2D eigenvalue weighted by Crippen LogP contribution is -2.36. The van der Waals surface area contributed by atoms with E-state index in [0.717, 1.165) is 12.8 Å². The Morgan fingerprint density at radius 3 is 2.71 bits per heavy atom. The van der Waals surface area contributed by atoms with Gasteiger partial charge in [0.1, 0.15) is 12.7 Å². The SMILES string of the molecule is CC(C)[C@@H]1CC[C@@H](C)C[C@H]1OC(=O)OCCO. The monoisotopic (exact) mass is 244 g/mol. The van der Waals surface area contributed by atoms with E-state index in [1.54, 1.807) is 0 Å². The first-order valence-electron chi connectivity index (χ1n) is 6.48. The maximum atomic E-state index is 11.4. The van der Waals surface area contributed by atoms with Crippen molar-refractivity contribution in [2.45, 2.75) is 46.1 Å². The topological polar surface area (TPSA) is 55.8 Å². The Hall–Kier alpha value is -0.770. The largest absolute Gasteiger partial charge is 0.508 e. The summed E-state index contributed by atoms with van der Waals surface area (Å²) in [4.78, 5) is 11.4. The van der Waals surface area contributed by atoms with Crippen molar-refractivity contribution in [1.82, 2.24) is 0 Å². The molecular formula is C13H24O4. The van der Waals surface area contributed by atoms with Gasteiger partial charge in [-0.3, -0.25) is 0 Å². The van der Waals surface area contributed by atoms with E-state index >= 15 is 0 Å². The zero-order valence-corrected chi connectivity index (χ0v) is 11.0. The fraction of sp³-hybridized carbons (Fsp3) is 0.923. The van der Waals surface area contributed by atoms with Crippen LogP contribution in [-0.2, 0) is 9.47 Å². The Morgan fingerprint density at radius 1 is 1.41 bits per heavy atom. The van der Waals surface area contributed by atoms with E-state index in [0.29, 0.717) is 17.8 Å². The van der Waals surface area contributed by atoms with Crippen LogP contribution in [0.4, 0.5) is 4.79 Å². The van der Waals surface area contributed by atoms with Gasteiger partial charge in [-0.1, -0.05) is 27.2 Å². The summed E-state index contributed by atoms with van der Waals surface area (Å²) in [5.41, 5.74) is 0. The maximum absolute atomic E-state index is 11.4. The summed E-state index contributed by atoms with van der Waals surface area (Å²) in [5.74, 6) is 1.53. The first-order valence-corrected chi connectivity index (χ1v) is 6.48. The van der Waals surface area contributed by atoms with E-state index < -0.39 is 6.16 Å². The summed E-state index contributed by atoms with van der Waals surface area (Å²) in [6, 6.07) is 0. The highest BCUT2D eigenvalue weighted by molar-refractivity contribution is 5.60. The summed E-state index contributed by atoms with van der Waals surface area (Å²) in [6.45, 7) is 6.36. The van der Waals surface area contributed by atoms with Crippen LogP contribution in [0.3, 0.4) is 0 Å². The van der Waals surface area contributed by atoms with E-state index in [1.165, 1.54) is 6.42 Å². The molecule has 1 saturated carbocycles. The van der Waals surface area contributed by atoms with Gasteiger partial charge >= 0.3 is 6.16 Å². The molecule has 0 amide bonds. The minimum absolute atomic E-state index is 0.00739. The Labute approximate surface area is 103 Å². The molecule has 17 heavy (non-hydrogen) atoms. The van der Waals surface area contributed by atoms with Crippen LogP contribution < -0.4 is 0 Å². The van der Waals surface area contributed by atoms with Crippen molar-refractivity contribution in [2.75, 3.05) is 13.2 Å². The molecule has 3 atom stereocenters. The molecule has 0 aromatic heterocycles. The molecule has 0 unspecified atom stereocenters. The van der Waals surface area contributed by atoms with Crippen LogP contribution in [-0.4, -0.2) is 30.6 Å². The van der Waals surface area contributed by atoms with E-state index in [9.17, 15) is 4.79 Å². The Balaban J connectivity index is 2.48. The standard InChI is InChI=1S/C13H24O4/c1-9(2)11-5-4-10(3)8-12(11)17-13(15)16-7-6-14/h9-12,14H,4-8H2,1-3H3/t10-,11+,12-/m1/s1. The summed E-state index contributed by atoms with van der Waals surface area (Å²) in [5, 5.41) is 8.57. The predicted molar refractivity (Wildman–Crippen MR) is 64.6 cm³/mol. The second kappa shape index (κ2) is 6.84. The molecule has 0 aromatic rings. The molecule has 4 nitrogen and oxygen atoms in total. The van der Waals surface area contributed by atoms with Gasteiger partial charge in [0.05, 0.1) is 6.61 Å². The van der Waals surface area contributed by atoms with Gasteiger partial charge < -0.3 is 14.6 Å². The van der Waals surface area contributed by atoms with Crippen molar-refractivity contribution >= 4 is 6.16 Å². The molecule has 1 rings (SSSR count). The summed E-state index contributed by atoms with van der Waals surface area (Å²) >= 11 is 0. The van der Waals surface area contributed by atoms with Crippen molar-refractivity contribution < 1.29 is 19.4 Å². The molecule has 100 valence electrons. The third-order valence-corrected chi connectivity index (χ3v) is 3.52. The van der Waals surface area contributed by atoms with Crippen LogP contribution >= 0.6 is 0 Å². The summed E-state index contributed by atoms with van der Waals surface area (Å²) < 4.78 is 10.1. The van der Waals surface area contributed by atoms with Gasteiger partial charge in [0.2, 0.25) is 0 Å². The highest BCUT2D eigenvalue weighted by Gasteiger charge is 2.33. The van der Waals surface area contributed by atoms with Crippen molar-refractivity contribution in [2.24, 2.45) is 17.8 Å². The fourth-order valence-corrected chi connectivity index (χ4v) is 2.54. The number of hydrogen-bond donors (Lipinski definition) is 1. The van der Waals surface area contributed by atoms with E-state index in [-0.39, 0.29) is 19.3 Å². The van der Waals surface area contributed by atoms with Crippen molar-refractivity contribution in [3.63, 3.8) is 0 Å². The lowest BCUT2D eigenvalue weighted by atomic mass is 9.75. The van der Waals surface area contributed by atoms with Gasteiger partial charge in [0.15, 0.2) is 0 Å². The van der Waals surface area contributed by atoms with E-state index in [2.05, 4.69) is 20.8 Å². The predicted octanol–water partition coefficient (Wildman–Crippen LogP) is 2.59. The lowest BCUT2D eigenvalue weighted by molar-refractivity contribution is -0.0351. The first-order chi connectivity index (χ1) is 8.04. The summed E-state index contributed by atoms with van der Waals surface area (Å²) in [7, 11) is 0. The number of aliphatic hydroxyl groups is 1. The zero-order chi connectivity index (χ0) is 12.8. The average molecular weight is 244 g/mol. The number of hydrogen-bond acceptors (Lipinski definition) is 4. The van der Waals surface area contributed by atoms with Crippen LogP contribution in [0.15, 0.2) is 0 Å². The maximum Gasteiger partial charge on any atom is 0.508 e. The highest BCUT2D eigenvalue weighted by atomic mass is 16.7. The van der Waals surface area contributed by atoms with Gasteiger partial charge in [-0.05, 0) is 30.6 Å². The Bertz CT molecular complexity index is 240. The number of ether oxygens (including phenoxy) is 2. The molecule has 0 bridgehead atoms. The number of carbonyl (C=O) groups is 1. The molecule has 0 spiro atoms. The third kappa shape index (κ3) is 4.54. The molecule has 0 radical (unpaired) electrons. The van der Waals surface area contributed by atoms with Gasteiger partial charge in [0, 0.05) is 0 Å². The lowest BCUT2D eigenvalue weighted by Gasteiger charge is -2.36. The number of aliphatic hydroxyl groups excluding tert-OH is 1. The van der Waals surface area contributed by atoms with Crippen molar-refractivity contribution in [1.29, 1.82) is 0 Å². The second-order valence-corrected chi connectivity index (χ2v) is 5.30. The average Bonchev–Trinajstić information content (AvgIpc) is 2.26. The molecule has 1 fully saturated rings. The molecular weight excluding hydrogens is 220 g/mol. The molecule has 0 aromatic carbocycles. The Kier molecular flexibility index (Phi) is 5.75. The smallest absolute Gasteiger partial charge is 0.432 e. The molecule has 0 saturated heterocycles. The van der Waals surface area contributed by atoms with Crippen LogP contribution in [0.5, 0.6) is 0 Å². The molecule has 4 heteroatoms. The molecule has 0 heterocycles. The molecule has 1 aliphatic rings. The van der Waals surface area contributed by atoms with E-state index in [4.69, 9.17) is 14.6 Å². The van der Waals surface area contributed by atoms with Crippen LogP contribution in [0.2, 0.25) is 0 Å². The van der Waals surface area contributed by atoms with Gasteiger partial charge in [-0.2, -0.15) is 0 Å². The second-order valence-electron chi connectivity index (χ2n) is 5.30. The normalized spacial score (nSPS) is 29.1. The quantitative estimate of drug-likeness (QED) is 0.772. The third-order valence-electron chi connectivity index (χ3n) is 3.52. The Morgan fingerprint density at radius 2 is 2.12 bits per heavy atom. The first kappa shape index (κ1) is 14.3. The van der Waals surface area contributed by atoms with Crippen LogP contribution in [0.1, 0.15) is 40.0 Å².